The van der Waals surface area contributed by atoms with Gasteiger partial charge in [0.2, 0.25) is 0 Å². The van der Waals surface area contributed by atoms with Crippen LogP contribution < -0.4 is 9.47 Å². The van der Waals surface area contributed by atoms with Gasteiger partial charge in [0.15, 0.2) is 11.5 Å². The van der Waals surface area contributed by atoms with Crippen molar-refractivity contribution in [2.75, 3.05) is 14.2 Å². The van der Waals surface area contributed by atoms with Crippen LogP contribution in [0.25, 0.3) is 0 Å². The highest BCUT2D eigenvalue weighted by molar-refractivity contribution is 5.74. The molecule has 0 aromatic heterocycles. The van der Waals surface area contributed by atoms with Crippen molar-refractivity contribution >= 4 is 5.97 Å². The van der Waals surface area contributed by atoms with Gasteiger partial charge >= 0.3 is 5.97 Å². The molecule has 0 fully saturated rings. The fourth-order valence-corrected chi connectivity index (χ4v) is 2.04. The minimum atomic E-state index is -1.23. The van der Waals surface area contributed by atoms with Crippen molar-refractivity contribution in [3.63, 3.8) is 0 Å². The predicted molar refractivity (Wildman–Crippen MR) is 74.2 cm³/mol. The first-order valence-corrected chi connectivity index (χ1v) is 6.35. The number of rotatable bonds is 6. The van der Waals surface area contributed by atoms with Gasteiger partial charge < -0.3 is 14.6 Å². The van der Waals surface area contributed by atoms with E-state index in [2.05, 4.69) is 0 Å². The van der Waals surface area contributed by atoms with Crippen molar-refractivity contribution in [2.24, 2.45) is 5.41 Å². The van der Waals surface area contributed by atoms with Gasteiger partial charge in [-0.05, 0) is 44.9 Å². The van der Waals surface area contributed by atoms with E-state index in [0.29, 0.717) is 22.6 Å². The van der Waals surface area contributed by atoms with Crippen LogP contribution in [-0.2, 0) is 11.2 Å². The van der Waals surface area contributed by atoms with Crippen molar-refractivity contribution in [1.82, 2.24) is 0 Å². The molecule has 0 bridgehead atoms. The third kappa shape index (κ3) is 3.40. The zero-order chi connectivity index (χ0) is 15.5. The van der Waals surface area contributed by atoms with Crippen LogP contribution in [-0.4, -0.2) is 25.3 Å². The Morgan fingerprint density at radius 3 is 2.35 bits per heavy atom. The van der Waals surface area contributed by atoms with Gasteiger partial charge in [-0.15, -0.1) is 0 Å². The summed E-state index contributed by atoms with van der Waals surface area (Å²) in [6.45, 7) is 4.67. The molecule has 1 aromatic rings. The predicted octanol–water partition coefficient (Wildman–Crippen LogP) is 3.39. The number of ether oxygens (including phenoxy) is 2. The Bertz CT molecular complexity index is 495. The highest BCUT2D eigenvalue weighted by atomic mass is 19.1. The number of halogens is 1. The fourth-order valence-electron chi connectivity index (χ4n) is 2.04. The normalized spacial score (nSPS) is 12.9. The second kappa shape index (κ2) is 6.11. The van der Waals surface area contributed by atoms with Crippen LogP contribution in [0.15, 0.2) is 12.1 Å². The highest BCUT2D eigenvalue weighted by Crippen LogP contribution is 2.38. The van der Waals surface area contributed by atoms with E-state index < -0.39 is 17.6 Å². The van der Waals surface area contributed by atoms with Crippen LogP contribution in [0.3, 0.4) is 0 Å². The molecule has 0 saturated heterocycles. The minimum absolute atomic E-state index is 0.280. The summed E-state index contributed by atoms with van der Waals surface area (Å²) in [7, 11) is 2.92. The van der Waals surface area contributed by atoms with E-state index in [1.54, 1.807) is 26.0 Å². The van der Waals surface area contributed by atoms with E-state index in [-0.39, 0.29) is 6.42 Å². The third-order valence-electron chi connectivity index (χ3n) is 3.22. The Balaban J connectivity index is 3.29. The average Bonchev–Trinajstić information content (AvgIpc) is 2.36. The van der Waals surface area contributed by atoms with Gasteiger partial charge in [-0.2, -0.15) is 0 Å². The molecule has 0 heterocycles. The van der Waals surface area contributed by atoms with Gasteiger partial charge in [-0.1, -0.05) is 0 Å². The molecule has 1 atom stereocenters. The summed E-state index contributed by atoms with van der Waals surface area (Å²) in [5.41, 5.74) is 0.133. The topological polar surface area (TPSA) is 55.8 Å². The van der Waals surface area contributed by atoms with E-state index in [1.807, 2.05) is 0 Å². The summed E-state index contributed by atoms with van der Waals surface area (Å²) in [6.07, 6.45) is -0.950. The van der Waals surface area contributed by atoms with Crippen LogP contribution in [0, 0.1) is 5.41 Å². The van der Waals surface area contributed by atoms with Gasteiger partial charge in [-0.25, -0.2) is 4.39 Å². The number of alkyl halides is 1. The summed E-state index contributed by atoms with van der Waals surface area (Å²) in [5, 5.41) is 9.18. The maximum absolute atomic E-state index is 13.7. The lowest BCUT2D eigenvalue weighted by molar-refractivity contribution is -0.146. The Kier molecular flexibility index (Phi) is 4.98. The van der Waals surface area contributed by atoms with Gasteiger partial charge in [-0.3, -0.25) is 4.79 Å². The molecule has 1 rings (SSSR count). The van der Waals surface area contributed by atoms with Gasteiger partial charge in [0.25, 0.3) is 0 Å². The van der Waals surface area contributed by atoms with Crippen molar-refractivity contribution in [1.29, 1.82) is 0 Å². The molecule has 1 aromatic carbocycles. The standard InChI is InChI=1S/C15H21FO4/c1-9(16)11-6-10(8-15(2,3)14(17)18)7-12(19-4)13(11)20-5/h6-7,9H,8H2,1-5H3,(H,17,18). The zero-order valence-electron chi connectivity index (χ0n) is 12.5. The number of carboxylic acid groups (broad SMARTS) is 1. The smallest absolute Gasteiger partial charge is 0.309 e. The summed E-state index contributed by atoms with van der Waals surface area (Å²) in [5.74, 6) is -0.146. The highest BCUT2D eigenvalue weighted by Gasteiger charge is 2.28. The fraction of sp³-hybridized carbons (Fsp3) is 0.533. The Morgan fingerprint density at radius 1 is 1.35 bits per heavy atom. The first-order valence-electron chi connectivity index (χ1n) is 6.35. The van der Waals surface area contributed by atoms with Crippen molar-refractivity contribution in [2.45, 2.75) is 33.4 Å². The average molecular weight is 284 g/mol. The molecule has 5 heteroatoms. The molecular formula is C15H21FO4. The molecule has 0 aliphatic rings. The van der Waals surface area contributed by atoms with Gasteiger partial charge in [0.05, 0.1) is 19.6 Å². The molecule has 0 saturated carbocycles. The maximum atomic E-state index is 13.7. The quantitative estimate of drug-likeness (QED) is 0.870. The van der Waals surface area contributed by atoms with E-state index in [9.17, 15) is 14.3 Å². The monoisotopic (exact) mass is 284 g/mol. The number of carbonyl (C=O) groups is 1. The Hall–Kier alpha value is -1.78. The number of hydrogen-bond donors (Lipinski definition) is 1. The van der Waals surface area contributed by atoms with Crippen molar-refractivity contribution in [3.8, 4) is 11.5 Å². The SMILES string of the molecule is COc1cc(CC(C)(C)C(=O)O)cc(C(C)F)c1OC. The molecule has 112 valence electrons. The molecule has 1 unspecified atom stereocenters. The number of aliphatic carboxylic acids is 1. The molecule has 0 radical (unpaired) electrons. The molecule has 20 heavy (non-hydrogen) atoms. The molecule has 4 nitrogen and oxygen atoms in total. The first-order chi connectivity index (χ1) is 9.22. The summed E-state index contributed by atoms with van der Waals surface area (Å²) >= 11 is 0. The van der Waals surface area contributed by atoms with Crippen LogP contribution in [0.4, 0.5) is 4.39 Å². The van der Waals surface area contributed by atoms with Crippen LogP contribution in [0.1, 0.15) is 38.1 Å². The first kappa shape index (κ1) is 16.3. The third-order valence-corrected chi connectivity index (χ3v) is 3.22. The molecular weight excluding hydrogens is 263 g/mol. The lowest BCUT2D eigenvalue weighted by Crippen LogP contribution is -2.26. The number of hydrogen-bond acceptors (Lipinski definition) is 3. The maximum Gasteiger partial charge on any atom is 0.309 e. The minimum Gasteiger partial charge on any atom is -0.493 e. The van der Waals surface area contributed by atoms with E-state index in [1.165, 1.54) is 21.1 Å². The van der Waals surface area contributed by atoms with E-state index >= 15 is 0 Å². The molecule has 0 aliphatic carbocycles. The van der Waals surface area contributed by atoms with Crippen LogP contribution in [0.5, 0.6) is 11.5 Å². The zero-order valence-corrected chi connectivity index (χ0v) is 12.5. The van der Waals surface area contributed by atoms with Crippen LogP contribution >= 0.6 is 0 Å². The Morgan fingerprint density at radius 2 is 1.95 bits per heavy atom. The largest absolute Gasteiger partial charge is 0.493 e. The summed E-state index contributed by atoms with van der Waals surface area (Å²) < 4.78 is 24.1. The van der Waals surface area contributed by atoms with Gasteiger partial charge in [0.1, 0.15) is 6.17 Å². The van der Waals surface area contributed by atoms with Crippen molar-refractivity contribution in [3.05, 3.63) is 23.3 Å². The lowest BCUT2D eigenvalue weighted by atomic mass is 9.85. The summed E-state index contributed by atoms with van der Waals surface area (Å²) in [6, 6.07) is 3.33. The molecule has 0 aliphatic heterocycles. The van der Waals surface area contributed by atoms with E-state index in [0.717, 1.165) is 0 Å². The second-order valence-electron chi connectivity index (χ2n) is 5.40. The number of benzene rings is 1. The molecule has 0 amide bonds. The molecule has 1 N–H and O–H groups in total. The molecule has 0 spiro atoms. The van der Waals surface area contributed by atoms with E-state index in [4.69, 9.17) is 9.47 Å². The second-order valence-corrected chi connectivity index (χ2v) is 5.40. The number of carboxylic acids is 1. The van der Waals surface area contributed by atoms with Gasteiger partial charge in [0, 0.05) is 5.56 Å². The van der Waals surface area contributed by atoms with Crippen LogP contribution in [0.2, 0.25) is 0 Å². The van der Waals surface area contributed by atoms with Crippen molar-refractivity contribution < 1.29 is 23.8 Å². The summed E-state index contributed by atoms with van der Waals surface area (Å²) in [4.78, 5) is 11.2. The number of methoxy groups -OCH3 is 2. The lowest BCUT2D eigenvalue weighted by Gasteiger charge is -2.21. The Labute approximate surface area is 118 Å².